The molecule has 40 heavy (non-hydrogen) atoms. The van der Waals surface area contributed by atoms with Crippen LogP contribution in [0.4, 0.5) is 20.4 Å². The predicted octanol–water partition coefficient (Wildman–Crippen LogP) is 3.16. The number of β-amino-alcohol motifs (C(OH)–C–C–N with tert-alkyl or cyclic N) is 1. The van der Waals surface area contributed by atoms with Gasteiger partial charge in [-0.25, -0.2) is 22.2 Å². The highest BCUT2D eigenvalue weighted by atomic mass is 32.2. The van der Waals surface area contributed by atoms with E-state index in [2.05, 4.69) is 20.2 Å². The lowest BCUT2D eigenvalue weighted by atomic mass is 10.0. The fourth-order valence-corrected chi connectivity index (χ4v) is 6.44. The second-order valence-corrected chi connectivity index (χ2v) is 12.9. The van der Waals surface area contributed by atoms with E-state index < -0.39 is 21.5 Å². The number of benzene rings is 2. The molecule has 0 aliphatic carbocycles. The average molecular weight is 569 g/mol. The van der Waals surface area contributed by atoms with Gasteiger partial charge in [0, 0.05) is 68.3 Å². The van der Waals surface area contributed by atoms with Gasteiger partial charge in [0.05, 0.1) is 23.3 Å². The average Bonchev–Trinajstić information content (AvgIpc) is 3.31. The van der Waals surface area contributed by atoms with Gasteiger partial charge in [0.1, 0.15) is 17.3 Å². The number of nitrogens with zero attached hydrogens (tertiary/aromatic N) is 5. The number of aromatic nitrogens is 3. The van der Waals surface area contributed by atoms with Crippen LogP contribution in [0.3, 0.4) is 0 Å². The number of aliphatic hydroxyl groups is 1. The summed E-state index contributed by atoms with van der Waals surface area (Å²) in [7, 11) is -3.08. The molecular weight excluding hydrogens is 538 g/mol. The first-order valence-corrected chi connectivity index (χ1v) is 15.0. The highest BCUT2D eigenvalue weighted by molar-refractivity contribution is 7.91. The van der Waals surface area contributed by atoms with Crippen LogP contribution in [0.5, 0.6) is 0 Å². The number of hydrogen-bond donors (Lipinski definition) is 2. The van der Waals surface area contributed by atoms with Crippen molar-refractivity contribution in [1.29, 1.82) is 0 Å². The molecule has 0 atom stereocenters. The number of aryl methyl sites for hydroxylation is 1. The number of aliphatic hydroxyl groups excluding tert-OH is 1. The van der Waals surface area contributed by atoms with Crippen molar-refractivity contribution in [3.63, 3.8) is 0 Å². The largest absolute Gasteiger partial charge is 0.390 e. The Bertz CT molecular complexity index is 1650. The Morgan fingerprint density at radius 2 is 1.75 bits per heavy atom. The minimum Gasteiger partial charge on any atom is -0.390 e. The number of nitrogens with one attached hydrogen (secondary N) is 1. The van der Waals surface area contributed by atoms with E-state index in [4.69, 9.17) is 0 Å². The van der Waals surface area contributed by atoms with Crippen molar-refractivity contribution in [2.24, 2.45) is 0 Å². The molecule has 210 valence electrons. The van der Waals surface area contributed by atoms with Crippen molar-refractivity contribution in [3.05, 3.63) is 77.1 Å². The number of hydrogen-bond acceptors (Lipinski definition) is 8. The standard InChI is InChI=1S/C28H30F2N6O3S/c1-18-2-3-21(10-20(18)14-35-15-23(37)16-35)32-28-31-13-19-4-5-36(27(19)33-28)22-11-25(29)24(26(30)12-22)17-34-6-8-40(38,39)9-7-34/h2-5,10-13,23,37H,6-9,14-17H2,1H3,(H,31,32,33). The molecule has 12 heteroatoms. The van der Waals surface area contributed by atoms with E-state index in [0.29, 0.717) is 30.1 Å². The fraction of sp³-hybridized carbons (Fsp3) is 0.357. The quantitative estimate of drug-likeness (QED) is 0.351. The number of halogens is 2. The lowest BCUT2D eigenvalue weighted by Gasteiger charge is -2.36. The van der Waals surface area contributed by atoms with Crippen LogP contribution in [0.25, 0.3) is 16.7 Å². The molecule has 2 fully saturated rings. The Morgan fingerprint density at radius 3 is 2.45 bits per heavy atom. The van der Waals surface area contributed by atoms with E-state index in [1.54, 1.807) is 27.9 Å². The molecule has 0 amide bonds. The maximum atomic E-state index is 15.1. The smallest absolute Gasteiger partial charge is 0.229 e. The Balaban J connectivity index is 1.23. The first kappa shape index (κ1) is 26.8. The monoisotopic (exact) mass is 568 g/mol. The zero-order chi connectivity index (χ0) is 28.0. The first-order valence-electron chi connectivity index (χ1n) is 13.2. The van der Waals surface area contributed by atoms with Gasteiger partial charge in [-0.2, -0.15) is 4.98 Å². The molecule has 2 saturated heterocycles. The Labute approximate surface area is 231 Å². The summed E-state index contributed by atoms with van der Waals surface area (Å²) >= 11 is 0. The number of rotatable bonds is 7. The summed E-state index contributed by atoms with van der Waals surface area (Å²) in [6.45, 7) is 4.63. The topological polar surface area (TPSA) is 104 Å². The van der Waals surface area contributed by atoms with Crippen molar-refractivity contribution in [2.45, 2.75) is 26.1 Å². The van der Waals surface area contributed by atoms with Crippen LogP contribution in [0.1, 0.15) is 16.7 Å². The van der Waals surface area contributed by atoms with Crippen LogP contribution in [0.2, 0.25) is 0 Å². The summed E-state index contributed by atoms with van der Waals surface area (Å²) in [4.78, 5) is 13.0. The number of sulfone groups is 1. The molecule has 4 heterocycles. The molecule has 9 nitrogen and oxygen atoms in total. The van der Waals surface area contributed by atoms with Crippen molar-refractivity contribution in [1.82, 2.24) is 24.3 Å². The zero-order valence-electron chi connectivity index (χ0n) is 22.0. The van der Waals surface area contributed by atoms with Crippen LogP contribution in [-0.4, -0.2) is 81.6 Å². The molecule has 2 N–H and O–H groups in total. The molecule has 6 rings (SSSR count). The van der Waals surface area contributed by atoms with Gasteiger partial charge >= 0.3 is 0 Å². The molecule has 0 saturated carbocycles. The van der Waals surface area contributed by atoms with Crippen LogP contribution < -0.4 is 5.32 Å². The summed E-state index contributed by atoms with van der Waals surface area (Å²) < 4.78 is 55.2. The minimum atomic E-state index is -3.08. The van der Waals surface area contributed by atoms with E-state index in [1.807, 2.05) is 25.1 Å². The summed E-state index contributed by atoms with van der Waals surface area (Å²) in [5.41, 5.74) is 3.79. The third-order valence-corrected chi connectivity index (χ3v) is 9.20. The molecule has 2 aromatic carbocycles. The van der Waals surface area contributed by atoms with E-state index in [0.717, 1.165) is 23.4 Å². The van der Waals surface area contributed by atoms with E-state index in [9.17, 15) is 13.5 Å². The molecule has 0 radical (unpaired) electrons. The number of likely N-dealkylation sites (tertiary alicyclic amines) is 1. The Kier molecular flexibility index (Phi) is 7.03. The van der Waals surface area contributed by atoms with Gasteiger partial charge in [-0.15, -0.1) is 0 Å². The molecule has 0 bridgehead atoms. The van der Waals surface area contributed by atoms with Crippen LogP contribution in [-0.2, 0) is 22.9 Å². The van der Waals surface area contributed by atoms with Gasteiger partial charge in [-0.1, -0.05) is 6.07 Å². The lowest BCUT2D eigenvalue weighted by molar-refractivity contribution is -0.00295. The first-order chi connectivity index (χ1) is 19.1. The van der Waals surface area contributed by atoms with Crippen molar-refractivity contribution < 1.29 is 22.3 Å². The minimum absolute atomic E-state index is 0.00695. The second kappa shape index (κ2) is 10.5. The number of anilines is 2. The van der Waals surface area contributed by atoms with Gasteiger partial charge in [0.15, 0.2) is 9.84 Å². The maximum absolute atomic E-state index is 15.1. The third-order valence-electron chi connectivity index (χ3n) is 7.59. The molecular formula is C28H30F2N6O3S. The summed E-state index contributed by atoms with van der Waals surface area (Å²) in [6.07, 6.45) is 3.09. The second-order valence-electron chi connectivity index (χ2n) is 10.6. The summed E-state index contributed by atoms with van der Waals surface area (Å²) in [5, 5.41) is 13.5. The van der Waals surface area contributed by atoms with E-state index in [1.165, 1.54) is 12.1 Å². The normalized spacial score (nSPS) is 18.2. The third kappa shape index (κ3) is 5.57. The molecule has 0 spiro atoms. The molecule has 2 aromatic heterocycles. The Morgan fingerprint density at radius 1 is 1.02 bits per heavy atom. The predicted molar refractivity (Wildman–Crippen MR) is 148 cm³/mol. The van der Waals surface area contributed by atoms with Crippen molar-refractivity contribution >= 4 is 32.5 Å². The SMILES string of the molecule is Cc1ccc(Nc2ncc3ccn(-c4cc(F)c(CN5CCS(=O)(=O)CC5)c(F)c4)c3n2)cc1CN1CC(O)C1. The molecule has 2 aliphatic rings. The Hall–Kier alpha value is -3.45. The van der Waals surface area contributed by atoms with Gasteiger partial charge in [0.25, 0.3) is 0 Å². The summed E-state index contributed by atoms with van der Waals surface area (Å²) in [5.74, 6) is -1.06. The van der Waals surface area contributed by atoms with Crippen molar-refractivity contribution in [3.8, 4) is 5.69 Å². The fourth-order valence-electron chi connectivity index (χ4n) is 5.16. The van der Waals surface area contributed by atoms with Crippen molar-refractivity contribution in [2.75, 3.05) is 43.0 Å². The van der Waals surface area contributed by atoms with E-state index >= 15 is 8.78 Å². The lowest BCUT2D eigenvalue weighted by Crippen LogP contribution is -2.49. The summed E-state index contributed by atoms with van der Waals surface area (Å²) in [6, 6.07) is 10.3. The molecule has 0 unspecified atom stereocenters. The highest BCUT2D eigenvalue weighted by Crippen LogP contribution is 2.26. The van der Waals surface area contributed by atoms with Crippen LogP contribution in [0, 0.1) is 18.6 Å². The number of fused-ring (bicyclic) bond motifs is 1. The zero-order valence-corrected chi connectivity index (χ0v) is 22.8. The van der Waals surface area contributed by atoms with Crippen LogP contribution >= 0.6 is 0 Å². The van der Waals surface area contributed by atoms with Gasteiger partial charge in [0.2, 0.25) is 5.95 Å². The molecule has 4 aromatic rings. The van der Waals surface area contributed by atoms with Gasteiger partial charge in [-0.05, 0) is 48.4 Å². The van der Waals surface area contributed by atoms with Gasteiger partial charge < -0.3 is 15.0 Å². The van der Waals surface area contributed by atoms with Crippen LogP contribution in [0.15, 0.2) is 48.8 Å². The highest BCUT2D eigenvalue weighted by Gasteiger charge is 2.25. The van der Waals surface area contributed by atoms with Gasteiger partial charge in [-0.3, -0.25) is 9.80 Å². The molecule has 2 aliphatic heterocycles. The maximum Gasteiger partial charge on any atom is 0.229 e. The van der Waals surface area contributed by atoms with E-state index in [-0.39, 0.29) is 48.5 Å².